The second-order valence-electron chi connectivity index (χ2n) is 8.40. The van der Waals surface area contributed by atoms with E-state index < -0.39 is 20.0 Å². The largest absolute Gasteiger partial charge is 0.326 e. The highest BCUT2D eigenvalue weighted by molar-refractivity contribution is 7.92. The number of anilines is 3. The lowest BCUT2D eigenvalue weighted by atomic mass is 10.1. The molecular weight excluding hydrogens is 522 g/mol. The van der Waals surface area contributed by atoms with Gasteiger partial charge in [-0.15, -0.1) is 0 Å². The van der Waals surface area contributed by atoms with E-state index in [0.717, 1.165) is 17.4 Å². The molecule has 0 aliphatic rings. The summed E-state index contributed by atoms with van der Waals surface area (Å²) in [6.07, 6.45) is 1.44. The van der Waals surface area contributed by atoms with Crippen molar-refractivity contribution in [2.75, 3.05) is 27.1 Å². The summed E-state index contributed by atoms with van der Waals surface area (Å²) in [7, 11) is -7.35. The number of aryl methyl sites for hydroxylation is 2. The molecule has 0 aliphatic heterocycles. The Kier molecular flexibility index (Phi) is 8.65. The van der Waals surface area contributed by atoms with E-state index in [-0.39, 0.29) is 30.2 Å². The average Bonchev–Trinajstić information content (AvgIpc) is 2.78. The standard InChI is InChI=1S/C25H28ClN3O5S2/c1-18-9-10-22(16-19(18)2)28-36(33,34)24-13-11-21(12-14-24)27-25(30)8-5-15-29(35(3,31)32)23-7-4-6-20(26)17-23/h4,6-7,9-14,16-17,28H,5,8,15H2,1-3H3,(H,27,30). The molecule has 0 fully saturated rings. The van der Waals surface area contributed by atoms with Gasteiger partial charge in [0.05, 0.1) is 16.8 Å². The van der Waals surface area contributed by atoms with Crippen LogP contribution >= 0.6 is 11.6 Å². The van der Waals surface area contributed by atoms with Crippen LogP contribution < -0.4 is 14.3 Å². The lowest BCUT2D eigenvalue weighted by molar-refractivity contribution is -0.116. The van der Waals surface area contributed by atoms with E-state index in [4.69, 9.17) is 11.6 Å². The number of carbonyl (C=O) groups excluding carboxylic acids is 1. The van der Waals surface area contributed by atoms with Crippen LogP contribution in [0.4, 0.5) is 17.1 Å². The minimum absolute atomic E-state index is 0.0593. The Bertz CT molecular complexity index is 1460. The zero-order chi connectivity index (χ0) is 26.5. The number of nitrogens with zero attached hydrogens (tertiary/aromatic N) is 1. The fraction of sp³-hybridized carbons (Fsp3) is 0.240. The van der Waals surface area contributed by atoms with Gasteiger partial charge in [0.15, 0.2) is 0 Å². The van der Waals surface area contributed by atoms with Gasteiger partial charge in [0.1, 0.15) is 0 Å². The van der Waals surface area contributed by atoms with Gasteiger partial charge in [-0.05, 0) is 86.0 Å². The molecule has 0 aliphatic carbocycles. The van der Waals surface area contributed by atoms with Crippen molar-refractivity contribution in [2.45, 2.75) is 31.6 Å². The maximum atomic E-state index is 12.7. The smallest absolute Gasteiger partial charge is 0.261 e. The van der Waals surface area contributed by atoms with Crippen LogP contribution in [0.5, 0.6) is 0 Å². The Morgan fingerprint density at radius 3 is 2.17 bits per heavy atom. The Morgan fingerprint density at radius 2 is 1.56 bits per heavy atom. The van der Waals surface area contributed by atoms with E-state index in [2.05, 4.69) is 10.0 Å². The van der Waals surface area contributed by atoms with Gasteiger partial charge in [-0.2, -0.15) is 0 Å². The number of amides is 1. The van der Waals surface area contributed by atoms with Crippen LogP contribution in [0.3, 0.4) is 0 Å². The molecule has 36 heavy (non-hydrogen) atoms. The average molecular weight is 550 g/mol. The first-order valence-corrected chi connectivity index (χ1v) is 14.8. The summed E-state index contributed by atoms with van der Waals surface area (Å²) in [5.41, 5.74) is 3.36. The molecule has 0 radical (unpaired) electrons. The SMILES string of the molecule is Cc1ccc(NS(=O)(=O)c2ccc(NC(=O)CCCN(c3cccc(Cl)c3)S(C)(=O)=O)cc2)cc1C. The van der Waals surface area contributed by atoms with Crippen LogP contribution in [-0.2, 0) is 24.8 Å². The molecule has 8 nitrogen and oxygen atoms in total. The molecule has 3 aromatic carbocycles. The lowest BCUT2D eigenvalue weighted by Crippen LogP contribution is -2.31. The molecule has 192 valence electrons. The number of sulfonamides is 2. The Morgan fingerprint density at radius 1 is 0.889 bits per heavy atom. The van der Waals surface area contributed by atoms with Gasteiger partial charge >= 0.3 is 0 Å². The molecule has 0 heterocycles. The fourth-order valence-electron chi connectivity index (χ4n) is 3.46. The van der Waals surface area contributed by atoms with Gasteiger partial charge in [-0.1, -0.05) is 23.7 Å². The molecule has 0 atom stereocenters. The third-order valence-electron chi connectivity index (χ3n) is 5.47. The van der Waals surface area contributed by atoms with Gasteiger partial charge < -0.3 is 5.32 Å². The number of hydrogen-bond donors (Lipinski definition) is 2. The summed E-state index contributed by atoms with van der Waals surface area (Å²) in [5, 5.41) is 3.11. The summed E-state index contributed by atoms with van der Waals surface area (Å²) in [6, 6.07) is 17.6. The van der Waals surface area contributed by atoms with Gasteiger partial charge in [0.25, 0.3) is 10.0 Å². The second-order valence-corrected chi connectivity index (χ2v) is 12.4. The van der Waals surface area contributed by atoms with Gasteiger partial charge in [0, 0.05) is 29.4 Å². The van der Waals surface area contributed by atoms with E-state index in [9.17, 15) is 21.6 Å². The zero-order valence-electron chi connectivity index (χ0n) is 20.2. The molecule has 2 N–H and O–H groups in total. The van der Waals surface area contributed by atoms with Crippen LogP contribution in [0, 0.1) is 13.8 Å². The van der Waals surface area contributed by atoms with E-state index in [1.807, 2.05) is 19.9 Å². The third-order valence-corrected chi connectivity index (χ3v) is 8.30. The lowest BCUT2D eigenvalue weighted by Gasteiger charge is -2.22. The number of benzene rings is 3. The molecule has 3 aromatic rings. The van der Waals surface area contributed by atoms with Crippen molar-refractivity contribution in [3.05, 3.63) is 82.9 Å². The molecule has 0 spiro atoms. The maximum absolute atomic E-state index is 12.7. The number of halogens is 1. The van der Waals surface area contributed by atoms with Crippen molar-refractivity contribution in [3.63, 3.8) is 0 Å². The first-order valence-electron chi connectivity index (χ1n) is 11.1. The highest BCUT2D eigenvalue weighted by atomic mass is 35.5. The van der Waals surface area contributed by atoms with Gasteiger partial charge in [-0.3, -0.25) is 13.8 Å². The van der Waals surface area contributed by atoms with Crippen molar-refractivity contribution in [1.29, 1.82) is 0 Å². The van der Waals surface area contributed by atoms with E-state index in [0.29, 0.717) is 22.1 Å². The highest BCUT2D eigenvalue weighted by Gasteiger charge is 2.18. The minimum Gasteiger partial charge on any atom is -0.326 e. The van der Waals surface area contributed by atoms with Gasteiger partial charge in [-0.25, -0.2) is 16.8 Å². The van der Waals surface area contributed by atoms with Crippen LogP contribution in [0.2, 0.25) is 5.02 Å². The predicted octanol–water partition coefficient (Wildman–Crippen LogP) is 4.94. The fourth-order valence-corrected chi connectivity index (χ4v) is 5.65. The van der Waals surface area contributed by atoms with Crippen molar-refractivity contribution < 1.29 is 21.6 Å². The molecule has 3 rings (SSSR count). The minimum atomic E-state index is -3.79. The zero-order valence-corrected chi connectivity index (χ0v) is 22.5. The number of nitrogens with one attached hydrogen (secondary N) is 2. The molecule has 0 aromatic heterocycles. The summed E-state index contributed by atoms with van der Waals surface area (Å²) in [4.78, 5) is 12.4. The topological polar surface area (TPSA) is 113 Å². The molecule has 0 saturated carbocycles. The number of carbonyl (C=O) groups is 1. The molecule has 0 unspecified atom stereocenters. The van der Waals surface area contributed by atoms with Gasteiger partial charge in [0.2, 0.25) is 15.9 Å². The quantitative estimate of drug-likeness (QED) is 0.372. The summed E-state index contributed by atoms with van der Waals surface area (Å²) in [6.45, 7) is 3.95. The van der Waals surface area contributed by atoms with E-state index in [1.165, 1.54) is 28.6 Å². The first kappa shape index (κ1) is 27.5. The van der Waals surface area contributed by atoms with Crippen LogP contribution in [0.25, 0.3) is 0 Å². The Labute approximate surface area is 217 Å². The maximum Gasteiger partial charge on any atom is 0.261 e. The first-order chi connectivity index (χ1) is 16.8. The second kappa shape index (κ2) is 11.3. The normalized spacial score (nSPS) is 11.7. The summed E-state index contributed by atoms with van der Waals surface area (Å²) < 4.78 is 53.5. The third kappa shape index (κ3) is 7.46. The molecule has 11 heteroatoms. The summed E-state index contributed by atoms with van der Waals surface area (Å²) in [5.74, 6) is -0.321. The van der Waals surface area contributed by atoms with Crippen molar-refractivity contribution in [3.8, 4) is 0 Å². The molecule has 0 saturated heterocycles. The highest BCUT2D eigenvalue weighted by Crippen LogP contribution is 2.23. The molecule has 1 amide bonds. The molecule has 0 bridgehead atoms. The molecular formula is C25H28ClN3O5S2. The van der Waals surface area contributed by atoms with Crippen LogP contribution in [0.1, 0.15) is 24.0 Å². The number of rotatable bonds is 10. The van der Waals surface area contributed by atoms with E-state index in [1.54, 1.807) is 36.4 Å². The van der Waals surface area contributed by atoms with Crippen LogP contribution in [-0.4, -0.2) is 35.5 Å². The monoisotopic (exact) mass is 549 g/mol. The van der Waals surface area contributed by atoms with Crippen molar-refractivity contribution in [2.24, 2.45) is 0 Å². The van der Waals surface area contributed by atoms with E-state index >= 15 is 0 Å². The Hall–Kier alpha value is -3.08. The number of hydrogen-bond acceptors (Lipinski definition) is 5. The Balaban J connectivity index is 1.58. The van der Waals surface area contributed by atoms with Crippen molar-refractivity contribution in [1.82, 2.24) is 0 Å². The van der Waals surface area contributed by atoms with Crippen LogP contribution in [0.15, 0.2) is 71.6 Å². The summed E-state index contributed by atoms with van der Waals surface area (Å²) >= 11 is 5.98. The predicted molar refractivity (Wildman–Crippen MR) is 145 cm³/mol. The van der Waals surface area contributed by atoms with Crippen molar-refractivity contribution >= 4 is 54.6 Å².